The van der Waals surface area contributed by atoms with Crippen LogP contribution in [0.5, 0.6) is 0 Å². The van der Waals surface area contributed by atoms with Crippen LogP contribution in [0.15, 0.2) is 23.1 Å². The lowest BCUT2D eigenvalue weighted by molar-refractivity contribution is -0.120. The molecule has 1 rings (SSSR count). The standard InChI is InChI=1S/C11H15FN2O3S/c1-14-11(15)3-2-6-18(16,17)10-5-4-8(13)7-9(10)12/h4-5,7H,2-3,6,13H2,1H3,(H,14,15). The summed E-state index contributed by atoms with van der Waals surface area (Å²) in [6.07, 6.45) is 0.234. The van der Waals surface area contributed by atoms with Gasteiger partial charge in [0.15, 0.2) is 9.84 Å². The molecule has 1 amide bonds. The van der Waals surface area contributed by atoms with Gasteiger partial charge in [0, 0.05) is 19.2 Å². The van der Waals surface area contributed by atoms with Crippen LogP contribution < -0.4 is 11.1 Å². The zero-order chi connectivity index (χ0) is 13.8. The van der Waals surface area contributed by atoms with Crippen molar-refractivity contribution in [1.82, 2.24) is 5.32 Å². The van der Waals surface area contributed by atoms with Crippen LogP contribution in [0.2, 0.25) is 0 Å². The van der Waals surface area contributed by atoms with Crippen LogP contribution >= 0.6 is 0 Å². The maximum Gasteiger partial charge on any atom is 0.219 e. The summed E-state index contributed by atoms with van der Waals surface area (Å²) >= 11 is 0. The predicted molar refractivity (Wildman–Crippen MR) is 66.2 cm³/mol. The molecule has 0 bridgehead atoms. The Hall–Kier alpha value is -1.63. The van der Waals surface area contributed by atoms with Crippen LogP contribution in [0.3, 0.4) is 0 Å². The van der Waals surface area contributed by atoms with E-state index in [2.05, 4.69) is 5.32 Å². The van der Waals surface area contributed by atoms with Crippen LogP contribution in [0.25, 0.3) is 0 Å². The lowest BCUT2D eigenvalue weighted by Gasteiger charge is -2.06. The second-order valence-electron chi connectivity index (χ2n) is 3.79. The van der Waals surface area contributed by atoms with Crippen LogP contribution in [0.4, 0.5) is 10.1 Å². The normalized spacial score (nSPS) is 11.2. The van der Waals surface area contributed by atoms with Gasteiger partial charge in [0.2, 0.25) is 5.91 Å². The minimum absolute atomic E-state index is 0.0896. The van der Waals surface area contributed by atoms with E-state index in [0.717, 1.165) is 12.1 Å². The Bertz CT molecular complexity index is 543. The number of nitrogens with two attached hydrogens (primary N) is 1. The molecular weight excluding hydrogens is 259 g/mol. The van der Waals surface area contributed by atoms with Crippen molar-refractivity contribution in [3.63, 3.8) is 0 Å². The van der Waals surface area contributed by atoms with Crippen LogP contribution in [0, 0.1) is 5.82 Å². The third kappa shape index (κ3) is 3.69. The molecule has 0 fully saturated rings. The largest absolute Gasteiger partial charge is 0.399 e. The molecule has 0 aliphatic heterocycles. The van der Waals surface area contributed by atoms with Gasteiger partial charge in [0.1, 0.15) is 10.7 Å². The molecule has 1 aromatic rings. The first kappa shape index (κ1) is 14.4. The molecule has 0 unspecified atom stereocenters. The fourth-order valence-corrected chi connectivity index (χ4v) is 2.80. The number of rotatable bonds is 5. The topological polar surface area (TPSA) is 89.3 Å². The number of nitrogen functional groups attached to an aromatic ring is 1. The number of sulfone groups is 1. The van der Waals surface area contributed by atoms with Crippen molar-refractivity contribution in [2.75, 3.05) is 18.5 Å². The number of anilines is 1. The van der Waals surface area contributed by atoms with Gasteiger partial charge in [-0.15, -0.1) is 0 Å². The van der Waals surface area contributed by atoms with Gasteiger partial charge in [-0.1, -0.05) is 0 Å². The summed E-state index contributed by atoms with van der Waals surface area (Å²) in [4.78, 5) is 10.6. The van der Waals surface area contributed by atoms with Crippen LogP contribution in [0.1, 0.15) is 12.8 Å². The smallest absolute Gasteiger partial charge is 0.219 e. The van der Waals surface area contributed by atoms with Crippen molar-refractivity contribution in [1.29, 1.82) is 0 Å². The molecule has 0 spiro atoms. The van der Waals surface area contributed by atoms with Gasteiger partial charge in [-0.2, -0.15) is 0 Å². The molecule has 0 atom stereocenters. The monoisotopic (exact) mass is 274 g/mol. The van der Waals surface area contributed by atoms with Gasteiger partial charge in [-0.05, 0) is 24.6 Å². The van der Waals surface area contributed by atoms with Gasteiger partial charge in [0.05, 0.1) is 5.75 Å². The average Bonchev–Trinajstić information content (AvgIpc) is 2.27. The number of amides is 1. The Morgan fingerprint density at radius 2 is 2.11 bits per heavy atom. The number of benzene rings is 1. The third-order valence-corrected chi connectivity index (χ3v) is 4.21. The zero-order valence-electron chi connectivity index (χ0n) is 9.94. The van der Waals surface area contributed by atoms with Crippen molar-refractivity contribution in [2.24, 2.45) is 0 Å². The Morgan fingerprint density at radius 3 is 2.67 bits per heavy atom. The summed E-state index contributed by atoms with van der Waals surface area (Å²) < 4.78 is 37.1. The van der Waals surface area contributed by atoms with E-state index < -0.39 is 15.7 Å². The van der Waals surface area contributed by atoms with E-state index in [1.54, 1.807) is 0 Å². The number of hydrogen-bond donors (Lipinski definition) is 2. The van der Waals surface area contributed by atoms with Crippen LogP contribution in [-0.4, -0.2) is 27.1 Å². The Morgan fingerprint density at radius 1 is 1.44 bits per heavy atom. The molecule has 7 heteroatoms. The van der Waals surface area contributed by atoms with Gasteiger partial charge >= 0.3 is 0 Å². The maximum atomic E-state index is 13.5. The van der Waals surface area contributed by atoms with Crippen molar-refractivity contribution < 1.29 is 17.6 Å². The third-order valence-electron chi connectivity index (χ3n) is 2.39. The fraction of sp³-hybridized carbons (Fsp3) is 0.364. The Balaban J connectivity index is 2.77. The molecule has 0 saturated heterocycles. The van der Waals surface area contributed by atoms with Gasteiger partial charge in [-0.3, -0.25) is 4.79 Å². The Kier molecular flexibility index (Phi) is 4.66. The number of hydrogen-bond acceptors (Lipinski definition) is 4. The molecule has 0 saturated carbocycles. The first-order chi connectivity index (χ1) is 8.36. The van der Waals surface area contributed by atoms with Crippen molar-refractivity contribution in [2.45, 2.75) is 17.7 Å². The van der Waals surface area contributed by atoms with Crippen molar-refractivity contribution in [3.8, 4) is 0 Å². The second-order valence-corrected chi connectivity index (χ2v) is 5.86. The molecular formula is C11H15FN2O3S. The quantitative estimate of drug-likeness (QED) is 0.774. The van der Waals surface area contributed by atoms with E-state index in [1.165, 1.54) is 13.1 Å². The van der Waals surface area contributed by atoms with Crippen molar-refractivity contribution in [3.05, 3.63) is 24.0 Å². The lowest BCUT2D eigenvalue weighted by atomic mass is 10.3. The summed E-state index contributed by atoms with van der Waals surface area (Å²) in [7, 11) is -2.25. The molecule has 5 nitrogen and oxygen atoms in total. The van der Waals surface area contributed by atoms with Gasteiger partial charge in [-0.25, -0.2) is 12.8 Å². The predicted octanol–water partition coefficient (Wildman–Crippen LogP) is 0.708. The molecule has 3 N–H and O–H groups in total. The maximum absolute atomic E-state index is 13.5. The summed E-state index contributed by atoms with van der Waals surface area (Å²) in [6.45, 7) is 0. The van der Waals surface area contributed by atoms with Gasteiger partial charge < -0.3 is 11.1 Å². The summed E-state index contributed by atoms with van der Waals surface area (Å²) in [5.41, 5.74) is 5.50. The second kappa shape index (κ2) is 5.81. The highest BCUT2D eigenvalue weighted by Crippen LogP contribution is 2.19. The highest BCUT2D eigenvalue weighted by Gasteiger charge is 2.19. The summed E-state index contributed by atoms with van der Waals surface area (Å²) in [5.74, 6) is -1.39. The molecule has 1 aromatic carbocycles. The molecule has 0 aliphatic carbocycles. The molecule has 0 aromatic heterocycles. The number of carbonyl (C=O) groups is 1. The summed E-state index contributed by atoms with van der Waals surface area (Å²) in [5, 5.41) is 2.39. The molecule has 100 valence electrons. The average molecular weight is 274 g/mol. The first-order valence-corrected chi connectivity index (χ1v) is 7.00. The number of carbonyl (C=O) groups excluding carboxylic acids is 1. The van der Waals surface area contributed by atoms with E-state index in [1.807, 2.05) is 0 Å². The zero-order valence-corrected chi connectivity index (χ0v) is 10.8. The lowest BCUT2D eigenvalue weighted by Crippen LogP contribution is -2.19. The minimum Gasteiger partial charge on any atom is -0.399 e. The fourth-order valence-electron chi connectivity index (χ4n) is 1.43. The highest BCUT2D eigenvalue weighted by atomic mass is 32.2. The summed E-state index contributed by atoms with van der Waals surface area (Å²) in [6, 6.07) is 3.43. The van der Waals surface area contributed by atoms with E-state index >= 15 is 0 Å². The van der Waals surface area contributed by atoms with E-state index in [9.17, 15) is 17.6 Å². The van der Waals surface area contributed by atoms with Crippen molar-refractivity contribution >= 4 is 21.4 Å². The van der Waals surface area contributed by atoms with Gasteiger partial charge in [0.25, 0.3) is 0 Å². The number of nitrogens with one attached hydrogen (secondary N) is 1. The Labute approximate surface area is 105 Å². The highest BCUT2D eigenvalue weighted by molar-refractivity contribution is 7.91. The number of halogens is 1. The molecule has 0 radical (unpaired) electrons. The first-order valence-electron chi connectivity index (χ1n) is 5.35. The molecule has 0 heterocycles. The van der Waals surface area contributed by atoms with E-state index in [0.29, 0.717) is 0 Å². The molecule has 0 aliphatic rings. The molecule has 18 heavy (non-hydrogen) atoms. The van der Waals surface area contributed by atoms with Crippen LogP contribution in [-0.2, 0) is 14.6 Å². The van der Waals surface area contributed by atoms with E-state index in [-0.39, 0.29) is 35.1 Å². The SMILES string of the molecule is CNC(=O)CCCS(=O)(=O)c1ccc(N)cc1F. The van der Waals surface area contributed by atoms with E-state index in [4.69, 9.17) is 5.73 Å². The minimum atomic E-state index is -3.72.